The second-order valence-corrected chi connectivity index (χ2v) is 5.76. The van der Waals surface area contributed by atoms with Crippen LogP contribution in [-0.4, -0.2) is 47.8 Å². The quantitative estimate of drug-likeness (QED) is 0.838. The van der Waals surface area contributed by atoms with Crippen molar-refractivity contribution in [2.45, 2.75) is 32.2 Å². The Morgan fingerprint density at radius 2 is 2.24 bits per heavy atom. The third-order valence-electron chi connectivity index (χ3n) is 4.73. The van der Waals surface area contributed by atoms with E-state index in [1.54, 1.807) is 12.4 Å². The van der Waals surface area contributed by atoms with E-state index in [0.717, 1.165) is 37.9 Å². The molecular weight excluding hydrogens is 268 g/mol. The Morgan fingerprint density at radius 3 is 2.71 bits per heavy atom. The SMILES string of the molecule is CCC1(CO)CCN(C(C(=O)OC)c2cccnc2)CC1. The number of hydrogen-bond donors (Lipinski definition) is 1. The summed E-state index contributed by atoms with van der Waals surface area (Å²) in [5.41, 5.74) is 0.865. The van der Waals surface area contributed by atoms with Crippen molar-refractivity contribution in [2.24, 2.45) is 5.41 Å². The Morgan fingerprint density at radius 1 is 1.52 bits per heavy atom. The summed E-state index contributed by atoms with van der Waals surface area (Å²) < 4.78 is 4.97. The first kappa shape index (κ1) is 15.9. The fraction of sp³-hybridized carbons (Fsp3) is 0.625. The van der Waals surface area contributed by atoms with Gasteiger partial charge in [-0.05, 0) is 49.4 Å². The number of aliphatic hydroxyl groups excluding tert-OH is 1. The third kappa shape index (κ3) is 3.41. The summed E-state index contributed by atoms with van der Waals surface area (Å²) in [6, 6.07) is 3.33. The summed E-state index contributed by atoms with van der Waals surface area (Å²) in [7, 11) is 1.42. The van der Waals surface area contributed by atoms with Crippen molar-refractivity contribution in [3.05, 3.63) is 30.1 Å². The zero-order valence-electron chi connectivity index (χ0n) is 12.8. The van der Waals surface area contributed by atoms with Gasteiger partial charge in [0, 0.05) is 19.0 Å². The van der Waals surface area contributed by atoms with E-state index in [4.69, 9.17) is 4.74 Å². The molecule has 2 rings (SSSR count). The lowest BCUT2D eigenvalue weighted by molar-refractivity contribution is -0.148. The van der Waals surface area contributed by atoms with E-state index in [2.05, 4.69) is 16.8 Å². The van der Waals surface area contributed by atoms with Gasteiger partial charge in [-0.2, -0.15) is 0 Å². The van der Waals surface area contributed by atoms with E-state index >= 15 is 0 Å². The number of carbonyl (C=O) groups excluding carboxylic acids is 1. The minimum absolute atomic E-state index is 0.00606. The minimum atomic E-state index is -0.405. The number of rotatable bonds is 5. The van der Waals surface area contributed by atoms with Crippen LogP contribution in [0.1, 0.15) is 37.8 Å². The standard InChI is InChI=1S/C16H24N2O3/c1-3-16(12-19)6-9-18(10-7-16)14(15(20)21-2)13-5-4-8-17-11-13/h4-5,8,11,14,19H,3,6-7,9-10,12H2,1-2H3. The molecule has 1 atom stereocenters. The molecule has 1 aromatic rings. The number of esters is 1. The number of hydrogen-bond acceptors (Lipinski definition) is 5. The summed E-state index contributed by atoms with van der Waals surface area (Å²) in [5.74, 6) is -0.254. The van der Waals surface area contributed by atoms with Crippen LogP contribution in [0.15, 0.2) is 24.5 Å². The number of aliphatic hydroxyl groups is 1. The van der Waals surface area contributed by atoms with Crippen LogP contribution in [0.3, 0.4) is 0 Å². The topological polar surface area (TPSA) is 62.7 Å². The maximum absolute atomic E-state index is 12.2. The molecule has 0 radical (unpaired) electrons. The first-order valence-corrected chi connectivity index (χ1v) is 7.48. The van der Waals surface area contributed by atoms with Crippen LogP contribution in [0.5, 0.6) is 0 Å². The second-order valence-electron chi connectivity index (χ2n) is 5.76. The lowest BCUT2D eigenvalue weighted by atomic mass is 9.76. The van der Waals surface area contributed by atoms with Crippen molar-refractivity contribution in [3.63, 3.8) is 0 Å². The molecule has 0 spiro atoms. The summed E-state index contributed by atoms with van der Waals surface area (Å²) >= 11 is 0. The lowest BCUT2D eigenvalue weighted by Gasteiger charge is -2.42. The molecule has 116 valence electrons. The number of likely N-dealkylation sites (tertiary alicyclic amines) is 1. The molecule has 1 saturated heterocycles. The van der Waals surface area contributed by atoms with Crippen LogP contribution in [0, 0.1) is 5.41 Å². The predicted molar refractivity (Wildman–Crippen MR) is 79.6 cm³/mol. The molecule has 1 aliphatic rings. The Labute approximate surface area is 125 Å². The van der Waals surface area contributed by atoms with Crippen LogP contribution < -0.4 is 0 Å². The van der Waals surface area contributed by atoms with Crippen LogP contribution in [0.2, 0.25) is 0 Å². The molecule has 1 N–H and O–H groups in total. The van der Waals surface area contributed by atoms with E-state index < -0.39 is 6.04 Å². The Bertz CT molecular complexity index is 450. The molecular formula is C16H24N2O3. The van der Waals surface area contributed by atoms with Crippen molar-refractivity contribution in [2.75, 3.05) is 26.8 Å². The highest BCUT2D eigenvalue weighted by molar-refractivity contribution is 5.77. The largest absolute Gasteiger partial charge is 0.468 e. The summed E-state index contributed by atoms with van der Waals surface area (Å²) in [6.07, 6.45) is 6.17. The molecule has 1 fully saturated rings. The van der Waals surface area contributed by atoms with Gasteiger partial charge in [-0.25, -0.2) is 4.79 Å². The number of ether oxygens (including phenoxy) is 1. The van der Waals surface area contributed by atoms with Gasteiger partial charge in [0.15, 0.2) is 0 Å². The number of aromatic nitrogens is 1. The maximum Gasteiger partial charge on any atom is 0.327 e. The fourth-order valence-corrected chi connectivity index (χ4v) is 3.03. The van der Waals surface area contributed by atoms with Gasteiger partial charge < -0.3 is 9.84 Å². The van der Waals surface area contributed by atoms with Gasteiger partial charge >= 0.3 is 5.97 Å². The molecule has 0 amide bonds. The minimum Gasteiger partial charge on any atom is -0.468 e. The summed E-state index contributed by atoms with van der Waals surface area (Å²) in [6.45, 7) is 3.89. The predicted octanol–water partition coefficient (Wildman–Crippen LogP) is 1.78. The van der Waals surface area contributed by atoms with Gasteiger partial charge in [-0.1, -0.05) is 13.0 Å². The van der Waals surface area contributed by atoms with Gasteiger partial charge in [-0.15, -0.1) is 0 Å². The van der Waals surface area contributed by atoms with Crippen LogP contribution >= 0.6 is 0 Å². The van der Waals surface area contributed by atoms with Crippen molar-refractivity contribution >= 4 is 5.97 Å². The maximum atomic E-state index is 12.2. The zero-order valence-corrected chi connectivity index (χ0v) is 12.8. The summed E-state index contributed by atoms with van der Waals surface area (Å²) in [5, 5.41) is 9.62. The molecule has 21 heavy (non-hydrogen) atoms. The normalized spacial score (nSPS) is 20.0. The van der Waals surface area contributed by atoms with Crippen LogP contribution in [0.4, 0.5) is 0 Å². The molecule has 1 unspecified atom stereocenters. The van der Waals surface area contributed by atoms with E-state index in [0.29, 0.717) is 0 Å². The average molecular weight is 292 g/mol. The highest BCUT2D eigenvalue weighted by atomic mass is 16.5. The van der Waals surface area contributed by atoms with E-state index in [1.165, 1.54) is 7.11 Å². The smallest absolute Gasteiger partial charge is 0.327 e. The second kappa shape index (κ2) is 7.00. The average Bonchev–Trinajstić information content (AvgIpc) is 2.56. The van der Waals surface area contributed by atoms with Gasteiger partial charge in [0.2, 0.25) is 0 Å². The molecule has 0 aromatic carbocycles. The van der Waals surface area contributed by atoms with Crippen molar-refractivity contribution < 1.29 is 14.6 Å². The number of pyridine rings is 1. The molecule has 0 saturated carbocycles. The third-order valence-corrected chi connectivity index (χ3v) is 4.73. The number of carbonyl (C=O) groups is 1. The lowest BCUT2D eigenvalue weighted by Crippen LogP contribution is -2.45. The molecule has 0 bridgehead atoms. The Hall–Kier alpha value is -1.46. The highest BCUT2D eigenvalue weighted by Crippen LogP contribution is 2.37. The van der Waals surface area contributed by atoms with Crippen LogP contribution in [0.25, 0.3) is 0 Å². The Balaban J connectivity index is 2.15. The van der Waals surface area contributed by atoms with Crippen molar-refractivity contribution in [1.29, 1.82) is 0 Å². The summed E-state index contributed by atoms with van der Waals surface area (Å²) in [4.78, 5) is 18.4. The van der Waals surface area contributed by atoms with E-state index in [9.17, 15) is 9.90 Å². The molecule has 5 heteroatoms. The first-order valence-electron chi connectivity index (χ1n) is 7.48. The molecule has 1 aromatic heterocycles. The van der Waals surface area contributed by atoms with Gasteiger partial charge in [-0.3, -0.25) is 9.88 Å². The van der Waals surface area contributed by atoms with Gasteiger partial charge in [0.1, 0.15) is 6.04 Å². The highest BCUT2D eigenvalue weighted by Gasteiger charge is 2.37. The number of nitrogens with zero attached hydrogens (tertiary/aromatic N) is 2. The fourth-order valence-electron chi connectivity index (χ4n) is 3.03. The van der Waals surface area contributed by atoms with E-state index in [-0.39, 0.29) is 18.0 Å². The number of methoxy groups -OCH3 is 1. The molecule has 1 aliphatic heterocycles. The molecule has 5 nitrogen and oxygen atoms in total. The first-order chi connectivity index (χ1) is 10.2. The van der Waals surface area contributed by atoms with Crippen molar-refractivity contribution in [1.82, 2.24) is 9.88 Å². The van der Waals surface area contributed by atoms with Gasteiger partial charge in [0.05, 0.1) is 7.11 Å². The zero-order chi connectivity index (χ0) is 15.3. The number of piperidine rings is 1. The monoisotopic (exact) mass is 292 g/mol. The van der Waals surface area contributed by atoms with Crippen LogP contribution in [-0.2, 0) is 9.53 Å². The molecule has 2 heterocycles. The van der Waals surface area contributed by atoms with E-state index in [1.807, 2.05) is 12.1 Å². The Kier molecular flexibility index (Phi) is 5.31. The molecule has 0 aliphatic carbocycles. The van der Waals surface area contributed by atoms with Crippen molar-refractivity contribution in [3.8, 4) is 0 Å². The van der Waals surface area contributed by atoms with Gasteiger partial charge in [0.25, 0.3) is 0 Å².